The van der Waals surface area contributed by atoms with E-state index in [0.717, 1.165) is 22.3 Å². The lowest BCUT2D eigenvalue weighted by Gasteiger charge is -2.18. The molecule has 0 atom stereocenters. The van der Waals surface area contributed by atoms with Gasteiger partial charge in [0.25, 0.3) is 0 Å². The Labute approximate surface area is 203 Å². The number of carbonyl (C=O) groups excluding carboxylic acids is 2. The van der Waals surface area contributed by atoms with Gasteiger partial charge in [0, 0.05) is 18.2 Å². The van der Waals surface area contributed by atoms with E-state index in [-0.39, 0.29) is 30.5 Å². The van der Waals surface area contributed by atoms with E-state index in [9.17, 15) is 14.4 Å². The molecule has 3 aromatic carbocycles. The SMILES string of the molecule is Cc1cc(C(=O)O)ccc1NC(=O)C1(CNC(=O)OCC2c3ccccc3-c3ccccc32)CC1. The zero-order valence-corrected chi connectivity index (χ0v) is 19.3. The highest BCUT2D eigenvalue weighted by atomic mass is 16.5. The Kier molecular flexibility index (Phi) is 5.76. The predicted molar refractivity (Wildman–Crippen MR) is 132 cm³/mol. The second-order valence-electron chi connectivity index (χ2n) is 9.25. The standard InChI is InChI=1S/C28H26N2O5/c1-17-14-18(25(31)32)10-11-24(17)30-26(33)28(12-13-28)16-29-27(34)35-15-23-21-8-4-2-6-19(21)20-7-3-5-9-22(20)23/h2-11,14,23H,12-13,15-16H2,1H3,(H,29,34)(H,30,33)(H,31,32). The molecule has 0 unspecified atom stereocenters. The normalized spacial score (nSPS) is 15.0. The number of alkyl carbamates (subject to hydrolysis) is 1. The van der Waals surface area contributed by atoms with Crippen molar-refractivity contribution in [3.05, 3.63) is 89.0 Å². The van der Waals surface area contributed by atoms with Crippen LogP contribution in [-0.4, -0.2) is 36.2 Å². The molecular weight excluding hydrogens is 444 g/mol. The number of hydrogen-bond acceptors (Lipinski definition) is 4. The molecule has 0 aromatic heterocycles. The molecule has 0 heterocycles. The minimum atomic E-state index is -1.02. The van der Waals surface area contributed by atoms with E-state index in [4.69, 9.17) is 9.84 Å². The third kappa shape index (κ3) is 4.37. The third-order valence-corrected chi connectivity index (χ3v) is 6.97. The lowest BCUT2D eigenvalue weighted by Crippen LogP contribution is -2.37. The summed E-state index contributed by atoms with van der Waals surface area (Å²) in [5.74, 6) is -1.23. The number of rotatable bonds is 7. The minimum absolute atomic E-state index is 0.0249. The number of aromatic carboxylic acids is 1. The molecule has 0 aliphatic heterocycles. The molecule has 3 aromatic rings. The molecule has 2 amide bonds. The second-order valence-corrected chi connectivity index (χ2v) is 9.25. The highest BCUT2D eigenvalue weighted by Gasteiger charge is 2.50. The van der Waals surface area contributed by atoms with Crippen LogP contribution in [0.15, 0.2) is 66.7 Å². The van der Waals surface area contributed by atoms with Crippen molar-refractivity contribution in [3.63, 3.8) is 0 Å². The van der Waals surface area contributed by atoms with Crippen molar-refractivity contribution in [2.45, 2.75) is 25.7 Å². The van der Waals surface area contributed by atoms with Crippen molar-refractivity contribution in [2.24, 2.45) is 5.41 Å². The molecule has 5 rings (SSSR count). The number of ether oxygens (including phenoxy) is 1. The predicted octanol–water partition coefficient (Wildman–Crippen LogP) is 4.95. The lowest BCUT2D eigenvalue weighted by atomic mass is 9.98. The molecule has 7 nitrogen and oxygen atoms in total. The van der Waals surface area contributed by atoms with Crippen LogP contribution in [-0.2, 0) is 9.53 Å². The number of carboxylic acid groups (broad SMARTS) is 1. The van der Waals surface area contributed by atoms with Crippen LogP contribution in [0.3, 0.4) is 0 Å². The Morgan fingerprint density at radius 1 is 0.971 bits per heavy atom. The Bertz CT molecular complexity index is 1280. The summed E-state index contributed by atoms with van der Waals surface area (Å²) in [6.07, 6.45) is 0.775. The maximum atomic E-state index is 12.9. The minimum Gasteiger partial charge on any atom is -0.478 e. The highest BCUT2D eigenvalue weighted by molar-refractivity contribution is 5.99. The smallest absolute Gasteiger partial charge is 0.407 e. The summed E-state index contributed by atoms with van der Waals surface area (Å²) in [7, 11) is 0. The van der Waals surface area contributed by atoms with E-state index in [0.29, 0.717) is 24.1 Å². The van der Waals surface area contributed by atoms with Gasteiger partial charge in [-0.2, -0.15) is 0 Å². The molecule has 0 spiro atoms. The van der Waals surface area contributed by atoms with Crippen molar-refractivity contribution in [1.29, 1.82) is 0 Å². The molecule has 1 fully saturated rings. The Morgan fingerprint density at radius 3 is 2.17 bits per heavy atom. The molecule has 0 radical (unpaired) electrons. The number of hydrogen-bond donors (Lipinski definition) is 3. The number of fused-ring (bicyclic) bond motifs is 3. The van der Waals surface area contributed by atoms with Crippen LogP contribution >= 0.6 is 0 Å². The van der Waals surface area contributed by atoms with E-state index in [1.165, 1.54) is 12.1 Å². The number of aryl methyl sites for hydroxylation is 1. The molecule has 35 heavy (non-hydrogen) atoms. The first kappa shape index (κ1) is 22.7. The maximum absolute atomic E-state index is 12.9. The van der Waals surface area contributed by atoms with Crippen molar-refractivity contribution in [2.75, 3.05) is 18.5 Å². The average molecular weight is 471 g/mol. The number of amides is 2. The molecular formula is C28H26N2O5. The molecule has 0 bridgehead atoms. The van der Waals surface area contributed by atoms with Gasteiger partial charge in [0.15, 0.2) is 0 Å². The number of carbonyl (C=O) groups is 3. The summed E-state index contributed by atoms with van der Waals surface area (Å²) in [6.45, 7) is 2.15. The topological polar surface area (TPSA) is 105 Å². The van der Waals surface area contributed by atoms with E-state index in [1.807, 2.05) is 24.3 Å². The average Bonchev–Trinajstić information content (AvgIpc) is 3.59. The van der Waals surface area contributed by atoms with Crippen molar-refractivity contribution in [3.8, 4) is 11.1 Å². The van der Waals surface area contributed by atoms with Gasteiger partial charge in [-0.1, -0.05) is 48.5 Å². The van der Waals surface area contributed by atoms with Crippen LogP contribution in [0.5, 0.6) is 0 Å². The van der Waals surface area contributed by atoms with Crippen LogP contribution in [0.2, 0.25) is 0 Å². The first-order valence-electron chi connectivity index (χ1n) is 11.6. The van der Waals surface area contributed by atoms with Gasteiger partial charge in [-0.15, -0.1) is 0 Å². The largest absolute Gasteiger partial charge is 0.478 e. The number of benzene rings is 3. The molecule has 2 aliphatic carbocycles. The Balaban J connectivity index is 1.17. The fourth-order valence-corrected chi connectivity index (χ4v) is 4.72. The first-order chi connectivity index (χ1) is 16.9. The van der Waals surface area contributed by atoms with Gasteiger partial charge in [0.05, 0.1) is 11.0 Å². The van der Waals surface area contributed by atoms with Gasteiger partial charge >= 0.3 is 12.1 Å². The monoisotopic (exact) mass is 470 g/mol. The van der Waals surface area contributed by atoms with Gasteiger partial charge in [-0.25, -0.2) is 9.59 Å². The molecule has 3 N–H and O–H groups in total. The van der Waals surface area contributed by atoms with Crippen molar-refractivity contribution < 1.29 is 24.2 Å². The quantitative estimate of drug-likeness (QED) is 0.453. The lowest BCUT2D eigenvalue weighted by molar-refractivity contribution is -0.120. The third-order valence-electron chi connectivity index (χ3n) is 6.97. The molecule has 2 aliphatic rings. The van der Waals surface area contributed by atoms with E-state index in [1.54, 1.807) is 13.0 Å². The van der Waals surface area contributed by atoms with Crippen LogP contribution < -0.4 is 10.6 Å². The Hall–Kier alpha value is -4.13. The van der Waals surface area contributed by atoms with Crippen molar-refractivity contribution >= 4 is 23.7 Å². The van der Waals surface area contributed by atoms with Gasteiger partial charge in [0.1, 0.15) is 6.61 Å². The molecule has 0 saturated heterocycles. The first-order valence-corrected chi connectivity index (χ1v) is 11.6. The van der Waals surface area contributed by atoms with Crippen molar-refractivity contribution in [1.82, 2.24) is 5.32 Å². The van der Waals surface area contributed by atoms with Crippen LogP contribution in [0, 0.1) is 12.3 Å². The summed E-state index contributed by atoms with van der Waals surface area (Å²) < 4.78 is 5.58. The summed E-state index contributed by atoms with van der Waals surface area (Å²) >= 11 is 0. The Morgan fingerprint density at radius 2 is 1.60 bits per heavy atom. The fraction of sp³-hybridized carbons (Fsp3) is 0.250. The van der Waals surface area contributed by atoms with Gasteiger partial charge in [0.2, 0.25) is 5.91 Å². The summed E-state index contributed by atoms with van der Waals surface area (Å²) in [5.41, 5.74) is 5.33. The van der Waals surface area contributed by atoms with Crippen LogP contribution in [0.4, 0.5) is 10.5 Å². The van der Waals surface area contributed by atoms with E-state index >= 15 is 0 Å². The number of carboxylic acids is 1. The fourth-order valence-electron chi connectivity index (χ4n) is 4.72. The van der Waals surface area contributed by atoms with Gasteiger partial charge in [-0.05, 0) is 65.8 Å². The van der Waals surface area contributed by atoms with Gasteiger partial charge < -0.3 is 20.5 Å². The second kappa shape index (κ2) is 8.91. The van der Waals surface area contributed by atoms with Crippen LogP contribution in [0.1, 0.15) is 45.8 Å². The van der Waals surface area contributed by atoms with Gasteiger partial charge in [-0.3, -0.25) is 4.79 Å². The highest BCUT2D eigenvalue weighted by Crippen LogP contribution is 2.46. The zero-order chi connectivity index (χ0) is 24.6. The van der Waals surface area contributed by atoms with E-state index < -0.39 is 17.5 Å². The summed E-state index contributed by atoms with van der Waals surface area (Å²) in [4.78, 5) is 36.5. The summed E-state index contributed by atoms with van der Waals surface area (Å²) in [6, 6.07) is 20.9. The zero-order valence-electron chi connectivity index (χ0n) is 19.3. The molecule has 7 heteroatoms. The number of nitrogens with one attached hydrogen (secondary N) is 2. The molecule has 1 saturated carbocycles. The maximum Gasteiger partial charge on any atom is 0.407 e. The number of anilines is 1. The molecule has 178 valence electrons. The van der Waals surface area contributed by atoms with E-state index in [2.05, 4.69) is 34.9 Å². The summed E-state index contributed by atoms with van der Waals surface area (Å²) in [5, 5.41) is 14.8. The van der Waals surface area contributed by atoms with Crippen LogP contribution in [0.25, 0.3) is 11.1 Å².